The number of rotatable bonds is 7. The molecule has 2 heterocycles. The van der Waals surface area contributed by atoms with Crippen molar-refractivity contribution >= 4 is 0 Å². The van der Waals surface area contributed by atoms with Crippen molar-refractivity contribution in [1.29, 1.82) is 0 Å². The molecule has 4 rings (SSSR count). The third kappa shape index (κ3) is 3.80. The number of ether oxygens (including phenoxy) is 3. The molecule has 0 bridgehead atoms. The molecule has 0 N–H and O–H groups in total. The van der Waals surface area contributed by atoms with Crippen molar-refractivity contribution in [3.05, 3.63) is 71.8 Å². The van der Waals surface area contributed by atoms with Crippen LogP contribution >= 0.6 is 0 Å². The molecule has 29 heavy (non-hydrogen) atoms. The van der Waals surface area contributed by atoms with E-state index in [4.69, 9.17) is 14.2 Å². The number of imidazole rings is 1. The molecule has 1 aromatic heterocycles. The van der Waals surface area contributed by atoms with Gasteiger partial charge in [0.05, 0.1) is 33.2 Å². The van der Waals surface area contributed by atoms with Crippen molar-refractivity contribution in [3.63, 3.8) is 0 Å². The largest absolute Gasteiger partial charge is 0.497 e. The molecule has 0 radical (unpaired) electrons. The number of hydrogen-bond donors (Lipinski definition) is 0. The lowest BCUT2D eigenvalue weighted by Crippen LogP contribution is -2.34. The molecule has 1 fully saturated rings. The van der Waals surface area contributed by atoms with Gasteiger partial charge in [0.2, 0.25) is 5.79 Å². The van der Waals surface area contributed by atoms with Crippen molar-refractivity contribution in [2.75, 3.05) is 20.3 Å². The van der Waals surface area contributed by atoms with Gasteiger partial charge >= 0.3 is 0 Å². The first-order valence-corrected chi connectivity index (χ1v) is 10.2. The third-order valence-corrected chi connectivity index (χ3v) is 5.61. The highest BCUT2D eigenvalue weighted by atomic mass is 16.7. The summed E-state index contributed by atoms with van der Waals surface area (Å²) in [5.41, 5.74) is 6.11. The van der Waals surface area contributed by atoms with Crippen molar-refractivity contribution < 1.29 is 14.2 Å². The van der Waals surface area contributed by atoms with Crippen LogP contribution in [0.25, 0.3) is 11.1 Å². The minimum Gasteiger partial charge on any atom is -0.497 e. The number of aryl methyl sites for hydroxylation is 2. The van der Waals surface area contributed by atoms with Crippen LogP contribution in [0.1, 0.15) is 30.5 Å². The van der Waals surface area contributed by atoms with Gasteiger partial charge in [0.25, 0.3) is 0 Å². The second kappa shape index (κ2) is 8.39. The molecule has 1 saturated heterocycles. The highest BCUT2D eigenvalue weighted by Crippen LogP contribution is 2.39. The van der Waals surface area contributed by atoms with Crippen LogP contribution in [0.15, 0.2) is 55.1 Å². The van der Waals surface area contributed by atoms with E-state index in [0.717, 1.165) is 24.2 Å². The summed E-state index contributed by atoms with van der Waals surface area (Å²) in [4.78, 5) is 4.17. The second-order valence-electron chi connectivity index (χ2n) is 7.29. The van der Waals surface area contributed by atoms with E-state index < -0.39 is 5.79 Å². The van der Waals surface area contributed by atoms with E-state index in [-0.39, 0.29) is 0 Å². The van der Waals surface area contributed by atoms with Crippen LogP contribution in [0.5, 0.6) is 5.75 Å². The van der Waals surface area contributed by atoms with Gasteiger partial charge in [0.1, 0.15) is 5.75 Å². The second-order valence-corrected chi connectivity index (χ2v) is 7.29. The first-order valence-electron chi connectivity index (χ1n) is 10.2. The van der Waals surface area contributed by atoms with Crippen molar-refractivity contribution in [2.45, 2.75) is 39.0 Å². The molecule has 0 unspecified atom stereocenters. The van der Waals surface area contributed by atoms with Crippen molar-refractivity contribution in [2.24, 2.45) is 0 Å². The number of methoxy groups -OCH3 is 1. The van der Waals surface area contributed by atoms with Gasteiger partial charge in [-0.2, -0.15) is 0 Å². The minimum absolute atomic E-state index is 0.588. The number of benzene rings is 2. The average molecular weight is 392 g/mol. The topological polar surface area (TPSA) is 45.5 Å². The molecular weight excluding hydrogens is 364 g/mol. The van der Waals surface area contributed by atoms with E-state index in [2.05, 4.69) is 43.1 Å². The Morgan fingerprint density at radius 1 is 1.03 bits per heavy atom. The maximum atomic E-state index is 6.23. The fourth-order valence-corrected chi connectivity index (χ4v) is 4.08. The number of aromatic nitrogens is 2. The van der Waals surface area contributed by atoms with Gasteiger partial charge in [-0.05, 0) is 53.3 Å². The fourth-order valence-electron chi connectivity index (χ4n) is 4.08. The smallest absolute Gasteiger partial charge is 0.213 e. The van der Waals surface area contributed by atoms with Gasteiger partial charge in [-0.1, -0.05) is 32.0 Å². The lowest BCUT2D eigenvalue weighted by molar-refractivity contribution is -0.176. The molecule has 5 nitrogen and oxygen atoms in total. The molecule has 3 aromatic rings. The highest BCUT2D eigenvalue weighted by molar-refractivity contribution is 5.70. The van der Waals surface area contributed by atoms with Gasteiger partial charge in [-0.15, -0.1) is 0 Å². The summed E-state index contributed by atoms with van der Waals surface area (Å²) in [6, 6.07) is 12.8. The summed E-state index contributed by atoms with van der Waals surface area (Å²) < 4.78 is 19.8. The molecule has 1 aliphatic rings. The monoisotopic (exact) mass is 392 g/mol. The summed E-state index contributed by atoms with van der Waals surface area (Å²) in [6.45, 7) is 6.16. The molecule has 0 saturated carbocycles. The van der Waals surface area contributed by atoms with Gasteiger partial charge in [-0.3, -0.25) is 0 Å². The van der Waals surface area contributed by atoms with Crippen LogP contribution in [-0.2, 0) is 34.6 Å². The summed E-state index contributed by atoms with van der Waals surface area (Å²) in [5, 5.41) is 0. The van der Waals surface area contributed by atoms with Crippen molar-refractivity contribution in [3.8, 4) is 16.9 Å². The van der Waals surface area contributed by atoms with E-state index in [1.165, 1.54) is 22.3 Å². The number of hydrogen-bond acceptors (Lipinski definition) is 4. The van der Waals surface area contributed by atoms with Crippen LogP contribution in [0.3, 0.4) is 0 Å². The minimum atomic E-state index is -0.769. The SMILES string of the molecule is CCc1cc(C2(Cn3ccnc3)OCCO2)c(CC)cc1-c1ccc(OC)cc1. The molecule has 5 heteroatoms. The lowest BCUT2D eigenvalue weighted by Gasteiger charge is -2.31. The van der Waals surface area contributed by atoms with Crippen LogP contribution in [0.4, 0.5) is 0 Å². The van der Waals surface area contributed by atoms with E-state index in [1.54, 1.807) is 13.3 Å². The Morgan fingerprint density at radius 2 is 1.76 bits per heavy atom. The van der Waals surface area contributed by atoms with E-state index >= 15 is 0 Å². The van der Waals surface area contributed by atoms with Crippen LogP contribution in [0.2, 0.25) is 0 Å². The van der Waals surface area contributed by atoms with Crippen LogP contribution in [0, 0.1) is 0 Å². The summed E-state index contributed by atoms with van der Waals surface area (Å²) in [7, 11) is 1.69. The molecule has 1 aliphatic heterocycles. The first-order chi connectivity index (χ1) is 14.2. The molecule has 152 valence electrons. The van der Waals surface area contributed by atoms with Gasteiger partial charge in [0.15, 0.2) is 0 Å². The van der Waals surface area contributed by atoms with Gasteiger partial charge in [-0.25, -0.2) is 4.98 Å². The Labute approximate surface area is 172 Å². The normalized spacial score (nSPS) is 15.6. The number of nitrogens with zero attached hydrogens (tertiary/aromatic N) is 2. The van der Waals surface area contributed by atoms with Crippen LogP contribution < -0.4 is 4.74 Å². The van der Waals surface area contributed by atoms with Gasteiger partial charge < -0.3 is 18.8 Å². The highest BCUT2D eigenvalue weighted by Gasteiger charge is 2.41. The molecule has 0 amide bonds. The average Bonchev–Trinajstić information content (AvgIpc) is 3.46. The predicted octanol–water partition coefficient (Wildman–Crippen LogP) is 4.58. The molecule has 0 spiro atoms. The summed E-state index contributed by atoms with van der Waals surface area (Å²) in [6.07, 6.45) is 7.38. The zero-order valence-electron chi connectivity index (χ0n) is 17.4. The molecule has 0 aliphatic carbocycles. The first kappa shape index (κ1) is 19.7. The van der Waals surface area contributed by atoms with Crippen LogP contribution in [-0.4, -0.2) is 29.9 Å². The quantitative estimate of drug-likeness (QED) is 0.590. The zero-order chi connectivity index (χ0) is 20.3. The zero-order valence-corrected chi connectivity index (χ0v) is 17.4. The maximum Gasteiger partial charge on any atom is 0.213 e. The lowest BCUT2D eigenvalue weighted by atomic mass is 9.88. The Hall–Kier alpha value is -2.63. The fraction of sp³-hybridized carbons (Fsp3) is 0.375. The van der Waals surface area contributed by atoms with Crippen molar-refractivity contribution in [1.82, 2.24) is 9.55 Å². The molecule has 0 atom stereocenters. The third-order valence-electron chi connectivity index (χ3n) is 5.61. The predicted molar refractivity (Wildman–Crippen MR) is 113 cm³/mol. The van der Waals surface area contributed by atoms with E-state index in [9.17, 15) is 0 Å². The van der Waals surface area contributed by atoms with Gasteiger partial charge in [0, 0.05) is 18.0 Å². The standard InChI is InChI=1S/C24H28N2O3/c1-4-18-15-23(24(28-12-13-29-24)16-26-11-10-25-17-26)19(5-2)14-22(18)20-6-8-21(27-3)9-7-20/h6-11,14-15,17H,4-5,12-13,16H2,1-3H3. The molecule has 2 aromatic carbocycles. The van der Waals surface area contributed by atoms with E-state index in [1.807, 2.05) is 29.2 Å². The Bertz CT molecular complexity index is 943. The Morgan fingerprint density at radius 3 is 2.34 bits per heavy atom. The molecular formula is C24H28N2O3. The Kier molecular flexibility index (Phi) is 5.69. The van der Waals surface area contributed by atoms with E-state index in [0.29, 0.717) is 19.8 Å². The summed E-state index contributed by atoms with van der Waals surface area (Å²) >= 11 is 0. The maximum absolute atomic E-state index is 6.23. The summed E-state index contributed by atoms with van der Waals surface area (Å²) in [5.74, 6) is 0.0974. The Balaban J connectivity index is 1.80.